The van der Waals surface area contributed by atoms with Crippen molar-refractivity contribution in [1.29, 1.82) is 0 Å². The number of fused-ring (bicyclic) bond motifs is 1. The minimum absolute atomic E-state index is 0.323. The predicted octanol–water partition coefficient (Wildman–Crippen LogP) is 2.37. The van der Waals surface area contributed by atoms with Gasteiger partial charge in [-0.1, -0.05) is 30.3 Å². The Morgan fingerprint density at radius 1 is 0.935 bits per heavy atom. The number of nitrogens with one attached hydrogen (secondary N) is 1. The van der Waals surface area contributed by atoms with Crippen LogP contribution >= 0.6 is 0 Å². The Morgan fingerprint density at radius 3 is 2.32 bits per heavy atom. The molecule has 2 aromatic rings. The summed E-state index contributed by atoms with van der Waals surface area (Å²) in [5.41, 5.74) is 3.86. The van der Waals surface area contributed by atoms with Crippen LogP contribution in [0.2, 0.25) is 0 Å². The van der Waals surface area contributed by atoms with Crippen LogP contribution in [0.15, 0.2) is 47.5 Å². The number of aliphatic imine (C=N–C) groups is 1. The minimum atomic E-state index is 0.323. The Kier molecular flexibility index (Phi) is 6.94. The van der Waals surface area contributed by atoms with Crippen molar-refractivity contribution in [2.24, 2.45) is 4.99 Å². The quantitative estimate of drug-likeness (QED) is 0.569. The van der Waals surface area contributed by atoms with Gasteiger partial charge in [0.05, 0.1) is 0 Å². The fraction of sp³-hybridized carbons (Fsp3) is 0.458. The molecule has 1 fully saturated rings. The topological polar surface area (TPSA) is 52.6 Å². The van der Waals surface area contributed by atoms with Gasteiger partial charge in [0.25, 0.3) is 0 Å². The van der Waals surface area contributed by atoms with Gasteiger partial charge in [0, 0.05) is 52.9 Å². The number of nitrogens with zero attached hydrogens (tertiary/aromatic N) is 4. The Labute approximate surface area is 185 Å². The first-order chi connectivity index (χ1) is 15.1. The van der Waals surface area contributed by atoms with Crippen LogP contribution in [-0.4, -0.2) is 74.8 Å². The summed E-state index contributed by atoms with van der Waals surface area (Å²) in [6, 6.07) is 15.0. The zero-order valence-corrected chi connectivity index (χ0v) is 18.8. The summed E-state index contributed by atoms with van der Waals surface area (Å²) in [6.07, 6.45) is 0. The normalized spacial score (nSPS) is 16.8. The van der Waals surface area contributed by atoms with E-state index in [1.165, 1.54) is 16.7 Å². The molecule has 0 unspecified atom stereocenters. The molecule has 31 heavy (non-hydrogen) atoms. The van der Waals surface area contributed by atoms with E-state index in [1.807, 2.05) is 13.1 Å². The molecule has 1 saturated heterocycles. The van der Waals surface area contributed by atoms with Gasteiger partial charge in [-0.2, -0.15) is 0 Å². The number of ether oxygens (including phenoxy) is 2. The minimum Gasteiger partial charge on any atom is -0.454 e. The van der Waals surface area contributed by atoms with Gasteiger partial charge in [0.2, 0.25) is 6.79 Å². The first-order valence-corrected chi connectivity index (χ1v) is 10.9. The molecule has 0 saturated carbocycles. The van der Waals surface area contributed by atoms with Crippen molar-refractivity contribution < 1.29 is 9.47 Å². The first kappa shape index (κ1) is 21.5. The molecule has 0 radical (unpaired) electrons. The second-order valence-electron chi connectivity index (χ2n) is 8.41. The molecule has 0 atom stereocenters. The molecule has 7 nitrogen and oxygen atoms in total. The number of piperazine rings is 1. The largest absolute Gasteiger partial charge is 0.454 e. The summed E-state index contributed by atoms with van der Waals surface area (Å²) in [7, 11) is 6.05. The summed E-state index contributed by atoms with van der Waals surface area (Å²) in [5.74, 6) is 2.67. The highest BCUT2D eigenvalue weighted by molar-refractivity contribution is 5.80. The Balaban J connectivity index is 1.24. The second kappa shape index (κ2) is 10.0. The summed E-state index contributed by atoms with van der Waals surface area (Å²) >= 11 is 0. The third kappa shape index (κ3) is 5.68. The van der Waals surface area contributed by atoms with Crippen LogP contribution in [0.1, 0.15) is 16.7 Å². The van der Waals surface area contributed by atoms with Crippen molar-refractivity contribution in [1.82, 2.24) is 20.0 Å². The van der Waals surface area contributed by atoms with Gasteiger partial charge in [0.15, 0.2) is 17.5 Å². The summed E-state index contributed by atoms with van der Waals surface area (Å²) in [5, 5.41) is 3.53. The molecular formula is C24H33N5O2. The van der Waals surface area contributed by atoms with E-state index >= 15 is 0 Å². The second-order valence-corrected chi connectivity index (χ2v) is 8.41. The predicted molar refractivity (Wildman–Crippen MR) is 123 cm³/mol. The van der Waals surface area contributed by atoms with Crippen LogP contribution in [0, 0.1) is 0 Å². The zero-order valence-electron chi connectivity index (χ0n) is 18.8. The fourth-order valence-corrected chi connectivity index (χ4v) is 4.06. The van der Waals surface area contributed by atoms with E-state index in [4.69, 9.17) is 9.47 Å². The zero-order chi connectivity index (χ0) is 21.6. The van der Waals surface area contributed by atoms with Gasteiger partial charge in [0.1, 0.15) is 0 Å². The Bertz CT molecular complexity index is 889. The van der Waals surface area contributed by atoms with Gasteiger partial charge in [-0.25, -0.2) is 0 Å². The Hall–Kier alpha value is -2.77. The molecule has 0 aliphatic carbocycles. The average Bonchev–Trinajstić information content (AvgIpc) is 3.24. The van der Waals surface area contributed by atoms with E-state index in [-0.39, 0.29) is 0 Å². The standard InChI is InChI=1S/C24H33N5O2/c1-25-24(26-15-19-4-6-20(7-5-19)16-27(2)3)29-12-10-28(11-13-29)17-21-8-9-22-23(14-21)31-18-30-22/h4-9,14H,10-13,15-18H2,1-3H3,(H,25,26). The molecule has 1 N–H and O–H groups in total. The fourth-order valence-electron chi connectivity index (χ4n) is 4.06. The van der Waals surface area contributed by atoms with Gasteiger partial charge >= 0.3 is 0 Å². The van der Waals surface area contributed by atoms with Crippen molar-refractivity contribution in [2.45, 2.75) is 19.6 Å². The lowest BCUT2D eigenvalue weighted by atomic mass is 10.1. The number of rotatable bonds is 6. The molecule has 2 aliphatic rings. The van der Waals surface area contributed by atoms with E-state index in [1.54, 1.807) is 0 Å². The van der Waals surface area contributed by atoms with E-state index in [0.29, 0.717) is 6.79 Å². The van der Waals surface area contributed by atoms with Crippen LogP contribution in [0.4, 0.5) is 0 Å². The number of benzene rings is 2. The lowest BCUT2D eigenvalue weighted by molar-refractivity contribution is 0.171. The summed E-state index contributed by atoms with van der Waals surface area (Å²) in [4.78, 5) is 11.5. The smallest absolute Gasteiger partial charge is 0.231 e. The molecule has 2 heterocycles. The molecule has 0 amide bonds. The Morgan fingerprint density at radius 2 is 1.61 bits per heavy atom. The van der Waals surface area contributed by atoms with Crippen LogP contribution in [0.3, 0.4) is 0 Å². The highest BCUT2D eigenvalue weighted by Crippen LogP contribution is 2.32. The van der Waals surface area contributed by atoms with E-state index in [2.05, 4.69) is 75.5 Å². The van der Waals surface area contributed by atoms with Crippen molar-refractivity contribution in [3.63, 3.8) is 0 Å². The molecule has 2 aliphatic heterocycles. The maximum Gasteiger partial charge on any atom is 0.231 e. The lowest BCUT2D eigenvalue weighted by Gasteiger charge is -2.36. The van der Waals surface area contributed by atoms with Crippen LogP contribution in [-0.2, 0) is 19.6 Å². The van der Waals surface area contributed by atoms with Gasteiger partial charge in [-0.05, 0) is 42.9 Å². The molecule has 0 spiro atoms. The third-order valence-electron chi connectivity index (χ3n) is 5.70. The van der Waals surface area contributed by atoms with Gasteiger partial charge < -0.3 is 24.6 Å². The molecule has 0 aromatic heterocycles. The van der Waals surface area contributed by atoms with Gasteiger partial charge in [-0.15, -0.1) is 0 Å². The average molecular weight is 424 g/mol. The number of hydrogen-bond donors (Lipinski definition) is 1. The maximum absolute atomic E-state index is 5.50. The molecule has 0 bridgehead atoms. The highest BCUT2D eigenvalue weighted by Gasteiger charge is 2.21. The van der Waals surface area contributed by atoms with Crippen LogP contribution < -0.4 is 14.8 Å². The SMILES string of the molecule is CN=C(NCc1ccc(CN(C)C)cc1)N1CCN(Cc2ccc3c(c2)OCO3)CC1. The van der Waals surface area contributed by atoms with Crippen molar-refractivity contribution >= 4 is 5.96 Å². The molecular weight excluding hydrogens is 390 g/mol. The van der Waals surface area contributed by atoms with E-state index < -0.39 is 0 Å². The van der Waals surface area contributed by atoms with Crippen LogP contribution in [0.25, 0.3) is 0 Å². The summed E-state index contributed by atoms with van der Waals surface area (Å²) in [6.45, 7) is 6.94. The number of guanidine groups is 1. The molecule has 4 rings (SSSR count). The van der Waals surface area contributed by atoms with E-state index in [9.17, 15) is 0 Å². The van der Waals surface area contributed by atoms with E-state index in [0.717, 1.165) is 63.3 Å². The molecule has 2 aromatic carbocycles. The highest BCUT2D eigenvalue weighted by atomic mass is 16.7. The monoisotopic (exact) mass is 423 g/mol. The van der Waals surface area contributed by atoms with Crippen molar-refractivity contribution in [3.05, 3.63) is 59.2 Å². The number of hydrogen-bond acceptors (Lipinski definition) is 5. The first-order valence-electron chi connectivity index (χ1n) is 10.9. The third-order valence-corrected chi connectivity index (χ3v) is 5.70. The van der Waals surface area contributed by atoms with Crippen molar-refractivity contribution in [3.8, 4) is 11.5 Å². The summed E-state index contributed by atoms with van der Waals surface area (Å²) < 4.78 is 10.9. The molecule has 7 heteroatoms. The lowest BCUT2D eigenvalue weighted by Crippen LogP contribution is -2.52. The maximum atomic E-state index is 5.50. The van der Waals surface area contributed by atoms with Gasteiger partial charge in [-0.3, -0.25) is 9.89 Å². The van der Waals surface area contributed by atoms with Crippen LogP contribution in [0.5, 0.6) is 11.5 Å². The molecule has 166 valence electrons. The van der Waals surface area contributed by atoms with Crippen molar-refractivity contribution in [2.75, 3.05) is 54.1 Å².